The molecule has 0 N–H and O–H groups in total. The van der Waals surface area contributed by atoms with Gasteiger partial charge in [-0.2, -0.15) is 0 Å². The van der Waals surface area contributed by atoms with Crippen LogP contribution in [0.25, 0.3) is 0 Å². The third-order valence-electron chi connectivity index (χ3n) is 2.05. The highest BCUT2D eigenvalue weighted by Crippen LogP contribution is 2.26. The first-order chi connectivity index (χ1) is 7.43. The third kappa shape index (κ3) is 24.9. The maximum Gasteiger partial charge on any atom is -0.0417 e. The van der Waals surface area contributed by atoms with Crippen molar-refractivity contribution < 1.29 is 0 Å². The molecule has 0 radical (unpaired) electrons. The topological polar surface area (TPSA) is 0 Å². The molecule has 0 unspecified atom stereocenters. The summed E-state index contributed by atoms with van der Waals surface area (Å²) in [5.74, 6) is 1.10. The molecule has 15 heavy (non-hydrogen) atoms. The van der Waals surface area contributed by atoms with Crippen LogP contribution in [0, 0.1) is 5.92 Å². The van der Waals surface area contributed by atoms with Gasteiger partial charge in [0.15, 0.2) is 0 Å². The predicted molar refractivity (Wildman–Crippen MR) is 77.6 cm³/mol. The van der Waals surface area contributed by atoms with Gasteiger partial charge >= 0.3 is 0 Å². The van der Waals surface area contributed by atoms with Gasteiger partial charge in [-0.3, -0.25) is 0 Å². The lowest BCUT2D eigenvalue weighted by atomic mass is 10.1. The summed E-state index contributed by atoms with van der Waals surface area (Å²) in [6, 6.07) is 0. The van der Waals surface area contributed by atoms with Crippen LogP contribution in [-0.2, 0) is 0 Å². The fraction of sp³-hybridized carbons (Fsp3) is 1.00. The number of rotatable bonds is 1. The lowest BCUT2D eigenvalue weighted by molar-refractivity contribution is 0.531. The summed E-state index contributed by atoms with van der Waals surface area (Å²) in [5.41, 5.74) is 0. The van der Waals surface area contributed by atoms with Crippen LogP contribution in [0.2, 0.25) is 0 Å². The molecular weight excluding hydrogens is 180 g/mol. The quantitative estimate of drug-likeness (QED) is 0.460. The van der Waals surface area contributed by atoms with Crippen molar-refractivity contribution in [2.24, 2.45) is 5.92 Å². The molecule has 1 aliphatic rings. The second kappa shape index (κ2) is 37.0. The highest BCUT2D eigenvalue weighted by Gasteiger charge is 2.11. The Morgan fingerprint density at radius 2 is 0.933 bits per heavy atom. The van der Waals surface area contributed by atoms with E-state index in [-0.39, 0.29) is 0 Å². The van der Waals surface area contributed by atoms with E-state index < -0.39 is 0 Å². The summed E-state index contributed by atoms with van der Waals surface area (Å²) < 4.78 is 0. The van der Waals surface area contributed by atoms with Crippen molar-refractivity contribution in [3.63, 3.8) is 0 Å². The lowest BCUT2D eigenvalue weighted by Crippen LogP contribution is -1.86. The molecule has 0 aromatic heterocycles. The minimum atomic E-state index is 1.10. The first-order valence-electron chi connectivity index (χ1n) is 7.43. The summed E-state index contributed by atoms with van der Waals surface area (Å²) in [6.07, 6.45) is 7.43. The zero-order valence-electron chi connectivity index (χ0n) is 13.1. The van der Waals surface area contributed by atoms with E-state index in [1.165, 1.54) is 32.1 Å². The van der Waals surface area contributed by atoms with Crippen LogP contribution in [0.3, 0.4) is 0 Å². The van der Waals surface area contributed by atoms with Gasteiger partial charge in [0.2, 0.25) is 0 Å². The minimum Gasteiger partial charge on any atom is -0.0683 e. The Morgan fingerprint density at radius 1 is 0.667 bits per heavy atom. The average Bonchev–Trinajstić information content (AvgIpc) is 2.92. The summed E-state index contributed by atoms with van der Waals surface area (Å²) in [4.78, 5) is 0. The Morgan fingerprint density at radius 3 is 1.07 bits per heavy atom. The Hall–Kier alpha value is 0. The van der Waals surface area contributed by atoms with Crippen LogP contribution in [0.5, 0.6) is 0 Å². The Bertz CT molecular complexity index is 42.0. The van der Waals surface area contributed by atoms with E-state index in [0.717, 1.165) is 5.92 Å². The molecule has 0 nitrogen and oxygen atoms in total. The maximum absolute atomic E-state index is 2.30. The van der Waals surface area contributed by atoms with E-state index in [9.17, 15) is 0 Å². The molecule has 1 rings (SSSR count). The third-order valence-corrected chi connectivity index (χ3v) is 2.05. The predicted octanol–water partition coefficient (Wildman–Crippen LogP) is 6.69. The van der Waals surface area contributed by atoms with Gasteiger partial charge in [-0.15, -0.1) is 0 Å². The second-order valence-electron chi connectivity index (χ2n) is 2.56. The minimum absolute atomic E-state index is 1.10. The number of hydrogen-bond donors (Lipinski definition) is 0. The SMILES string of the molecule is CC.CC.CC.CC.CCC1CCCC1. The second-order valence-corrected chi connectivity index (χ2v) is 2.56. The van der Waals surface area contributed by atoms with Crippen molar-refractivity contribution in [1.82, 2.24) is 0 Å². The van der Waals surface area contributed by atoms with Crippen LogP contribution in [0.15, 0.2) is 0 Å². The standard InChI is InChI=1S/C7H14.4C2H6/c1-2-7-5-3-4-6-7;4*1-2/h7H,2-6H2,1H3;4*1-2H3. The van der Waals surface area contributed by atoms with E-state index >= 15 is 0 Å². The summed E-state index contributed by atoms with van der Waals surface area (Å²) in [6.45, 7) is 18.3. The van der Waals surface area contributed by atoms with Crippen LogP contribution in [-0.4, -0.2) is 0 Å². The Kier molecular flexibility index (Phi) is 59.9. The van der Waals surface area contributed by atoms with E-state index in [4.69, 9.17) is 0 Å². The van der Waals surface area contributed by atoms with Crippen LogP contribution in [0.1, 0.15) is 94.4 Å². The first kappa shape index (κ1) is 24.3. The molecule has 0 aromatic rings. The van der Waals surface area contributed by atoms with E-state index in [2.05, 4.69) is 6.92 Å². The molecule has 1 fully saturated rings. The Balaban J connectivity index is -0.0000000650. The molecule has 0 bridgehead atoms. The van der Waals surface area contributed by atoms with Gasteiger partial charge in [0.05, 0.1) is 0 Å². The van der Waals surface area contributed by atoms with Gasteiger partial charge in [-0.25, -0.2) is 0 Å². The molecule has 1 aliphatic carbocycles. The van der Waals surface area contributed by atoms with Crippen molar-refractivity contribution in [3.05, 3.63) is 0 Å². The Labute approximate surface area is 101 Å². The molecule has 0 heteroatoms. The molecule has 0 spiro atoms. The van der Waals surface area contributed by atoms with Gasteiger partial charge in [0, 0.05) is 0 Å². The lowest BCUT2D eigenvalue weighted by Gasteiger charge is -1.99. The van der Waals surface area contributed by atoms with E-state index in [1.807, 2.05) is 55.4 Å². The van der Waals surface area contributed by atoms with Crippen molar-refractivity contribution in [2.45, 2.75) is 94.4 Å². The molecule has 1 saturated carbocycles. The van der Waals surface area contributed by atoms with Gasteiger partial charge < -0.3 is 0 Å². The van der Waals surface area contributed by atoms with Crippen LogP contribution >= 0.6 is 0 Å². The highest BCUT2D eigenvalue weighted by atomic mass is 14.2. The van der Waals surface area contributed by atoms with Gasteiger partial charge in [-0.1, -0.05) is 94.4 Å². The highest BCUT2D eigenvalue weighted by molar-refractivity contribution is 4.64. The zero-order valence-corrected chi connectivity index (χ0v) is 13.1. The van der Waals surface area contributed by atoms with Crippen LogP contribution < -0.4 is 0 Å². The molecule has 0 aliphatic heterocycles. The molecule has 0 heterocycles. The zero-order chi connectivity index (χ0) is 13.1. The van der Waals surface area contributed by atoms with Gasteiger partial charge in [0.25, 0.3) is 0 Å². The van der Waals surface area contributed by atoms with Crippen molar-refractivity contribution in [3.8, 4) is 0 Å². The smallest absolute Gasteiger partial charge is 0.0417 e. The number of hydrogen-bond acceptors (Lipinski definition) is 0. The molecule has 0 aromatic carbocycles. The van der Waals surface area contributed by atoms with Crippen LogP contribution in [0.4, 0.5) is 0 Å². The summed E-state index contributed by atoms with van der Waals surface area (Å²) >= 11 is 0. The summed E-state index contributed by atoms with van der Waals surface area (Å²) in [7, 11) is 0. The fourth-order valence-corrected chi connectivity index (χ4v) is 1.42. The fourth-order valence-electron chi connectivity index (χ4n) is 1.42. The van der Waals surface area contributed by atoms with E-state index in [0.29, 0.717) is 0 Å². The molecular formula is C15H38. The molecule has 0 saturated heterocycles. The molecule has 98 valence electrons. The van der Waals surface area contributed by atoms with E-state index in [1.54, 1.807) is 0 Å². The van der Waals surface area contributed by atoms with Crippen molar-refractivity contribution in [2.75, 3.05) is 0 Å². The largest absolute Gasteiger partial charge is 0.0683 e. The average molecular weight is 218 g/mol. The van der Waals surface area contributed by atoms with Gasteiger partial charge in [-0.05, 0) is 5.92 Å². The monoisotopic (exact) mass is 218 g/mol. The van der Waals surface area contributed by atoms with Gasteiger partial charge in [0.1, 0.15) is 0 Å². The van der Waals surface area contributed by atoms with Crippen molar-refractivity contribution in [1.29, 1.82) is 0 Å². The molecule has 0 atom stereocenters. The normalized spacial score (nSPS) is 12.6. The maximum atomic E-state index is 2.30. The first-order valence-corrected chi connectivity index (χ1v) is 7.43. The van der Waals surface area contributed by atoms with Crippen molar-refractivity contribution >= 4 is 0 Å². The molecule has 0 amide bonds. The summed E-state index contributed by atoms with van der Waals surface area (Å²) in [5, 5.41) is 0.